The molecule has 0 atom stereocenters. The van der Waals surface area contributed by atoms with Crippen LogP contribution >= 0.6 is 31.9 Å². The lowest BCUT2D eigenvalue weighted by Crippen LogP contribution is -2.17. The first-order valence-corrected chi connectivity index (χ1v) is 7.12. The molecule has 21 heavy (non-hydrogen) atoms. The average Bonchev–Trinajstić information content (AvgIpc) is 2.41. The van der Waals surface area contributed by atoms with E-state index in [-0.39, 0.29) is 16.8 Å². The Morgan fingerprint density at radius 1 is 1.24 bits per heavy atom. The van der Waals surface area contributed by atoms with Crippen LogP contribution in [0.4, 0.5) is 10.1 Å². The molecule has 0 radical (unpaired) electrons. The molecule has 0 saturated heterocycles. The van der Waals surface area contributed by atoms with Gasteiger partial charge in [0, 0.05) is 15.1 Å². The first-order valence-electron chi connectivity index (χ1n) is 5.53. The number of nitrogens with one attached hydrogen (secondary N) is 1. The number of aromatic carboxylic acids is 1. The standard InChI is InChI=1S/C13H7Br2FN2O3/c14-6-3-8(13(20)21)11(9(15)4-6)18-12(19)7-1-2-17-5-10(7)16/h1-5H,(H,18,19)(H,20,21). The number of carboxylic acid groups (broad SMARTS) is 1. The first-order chi connectivity index (χ1) is 9.90. The molecule has 0 aliphatic rings. The van der Waals surface area contributed by atoms with Gasteiger partial charge in [-0.05, 0) is 34.1 Å². The van der Waals surface area contributed by atoms with Crippen molar-refractivity contribution in [2.45, 2.75) is 0 Å². The van der Waals surface area contributed by atoms with Crippen LogP contribution in [0.15, 0.2) is 39.5 Å². The van der Waals surface area contributed by atoms with Crippen molar-refractivity contribution in [3.05, 3.63) is 56.5 Å². The number of rotatable bonds is 3. The summed E-state index contributed by atoms with van der Waals surface area (Å²) >= 11 is 6.34. The van der Waals surface area contributed by atoms with Crippen molar-refractivity contribution >= 4 is 49.4 Å². The van der Waals surface area contributed by atoms with E-state index in [1.165, 1.54) is 18.3 Å². The van der Waals surface area contributed by atoms with Crippen LogP contribution in [0.1, 0.15) is 20.7 Å². The highest BCUT2D eigenvalue weighted by Gasteiger charge is 2.19. The summed E-state index contributed by atoms with van der Waals surface area (Å²) in [7, 11) is 0. The van der Waals surface area contributed by atoms with Crippen molar-refractivity contribution in [3.63, 3.8) is 0 Å². The number of carbonyl (C=O) groups excluding carboxylic acids is 1. The second kappa shape index (κ2) is 6.31. The molecule has 5 nitrogen and oxygen atoms in total. The van der Waals surface area contributed by atoms with Gasteiger partial charge in [-0.2, -0.15) is 0 Å². The fraction of sp³-hybridized carbons (Fsp3) is 0. The predicted octanol–water partition coefficient (Wildman–Crippen LogP) is 3.70. The van der Waals surface area contributed by atoms with Gasteiger partial charge in [0.1, 0.15) is 0 Å². The van der Waals surface area contributed by atoms with E-state index in [4.69, 9.17) is 0 Å². The van der Waals surface area contributed by atoms with Crippen LogP contribution in [0.3, 0.4) is 0 Å². The summed E-state index contributed by atoms with van der Waals surface area (Å²) < 4.78 is 14.4. The molecule has 2 rings (SSSR count). The highest BCUT2D eigenvalue weighted by molar-refractivity contribution is 9.11. The van der Waals surface area contributed by atoms with Crippen LogP contribution in [0.25, 0.3) is 0 Å². The number of hydrogen-bond donors (Lipinski definition) is 2. The molecular weight excluding hydrogens is 411 g/mol. The summed E-state index contributed by atoms with van der Waals surface area (Å²) in [6, 6.07) is 4.12. The zero-order valence-corrected chi connectivity index (χ0v) is 13.4. The first kappa shape index (κ1) is 15.6. The SMILES string of the molecule is O=C(Nc1c(Br)cc(Br)cc1C(=O)O)c1ccncc1F. The fourth-order valence-electron chi connectivity index (χ4n) is 1.61. The Kier molecular flexibility index (Phi) is 4.69. The average molecular weight is 418 g/mol. The van der Waals surface area contributed by atoms with Gasteiger partial charge in [-0.3, -0.25) is 9.78 Å². The van der Waals surface area contributed by atoms with E-state index in [1.807, 2.05) is 0 Å². The minimum absolute atomic E-state index is 0.0481. The van der Waals surface area contributed by atoms with Crippen molar-refractivity contribution < 1.29 is 19.1 Å². The maximum atomic E-state index is 13.5. The number of halogens is 3. The second-order valence-corrected chi connectivity index (χ2v) is 5.69. The van der Waals surface area contributed by atoms with Crippen molar-refractivity contribution in [3.8, 4) is 0 Å². The maximum Gasteiger partial charge on any atom is 0.337 e. The molecule has 1 aromatic carbocycles. The van der Waals surface area contributed by atoms with Crippen LogP contribution in [0.2, 0.25) is 0 Å². The molecule has 0 aliphatic carbocycles. The minimum atomic E-state index is -1.22. The molecule has 0 saturated carbocycles. The number of anilines is 1. The van der Waals surface area contributed by atoms with Crippen molar-refractivity contribution in [2.75, 3.05) is 5.32 Å². The molecule has 1 heterocycles. The lowest BCUT2D eigenvalue weighted by Gasteiger charge is -2.11. The van der Waals surface area contributed by atoms with Gasteiger partial charge in [0.2, 0.25) is 0 Å². The Labute approximate surface area is 135 Å². The number of nitrogens with zero attached hydrogens (tertiary/aromatic N) is 1. The Morgan fingerprint density at radius 2 is 1.95 bits per heavy atom. The molecule has 0 bridgehead atoms. The zero-order valence-electron chi connectivity index (χ0n) is 10.2. The van der Waals surface area contributed by atoms with Gasteiger partial charge in [-0.25, -0.2) is 9.18 Å². The molecule has 1 amide bonds. The third-order valence-electron chi connectivity index (χ3n) is 2.54. The zero-order chi connectivity index (χ0) is 15.6. The number of aromatic nitrogens is 1. The maximum absolute atomic E-state index is 13.5. The highest BCUT2D eigenvalue weighted by atomic mass is 79.9. The molecule has 2 N–H and O–H groups in total. The van der Waals surface area contributed by atoms with Gasteiger partial charge in [-0.15, -0.1) is 0 Å². The molecule has 2 aromatic rings. The summed E-state index contributed by atoms with van der Waals surface area (Å²) in [5, 5.41) is 11.6. The number of amides is 1. The molecule has 1 aromatic heterocycles. The number of carboxylic acids is 1. The Hall–Kier alpha value is -1.80. The summed E-state index contributed by atoms with van der Waals surface area (Å²) in [5.74, 6) is -2.77. The van der Waals surface area contributed by atoms with Crippen molar-refractivity contribution in [1.82, 2.24) is 4.98 Å². The summed E-state index contributed by atoms with van der Waals surface area (Å²) in [6.07, 6.45) is 2.18. The second-order valence-electron chi connectivity index (χ2n) is 3.92. The smallest absolute Gasteiger partial charge is 0.337 e. The van der Waals surface area contributed by atoms with Crippen molar-refractivity contribution in [2.24, 2.45) is 0 Å². The van der Waals surface area contributed by atoms with E-state index in [9.17, 15) is 19.1 Å². The topological polar surface area (TPSA) is 79.3 Å². The van der Waals surface area contributed by atoms with Crippen LogP contribution in [-0.2, 0) is 0 Å². The number of hydrogen-bond acceptors (Lipinski definition) is 3. The Morgan fingerprint density at radius 3 is 2.57 bits per heavy atom. The van der Waals surface area contributed by atoms with Crippen LogP contribution < -0.4 is 5.32 Å². The molecular formula is C13H7Br2FN2O3. The molecule has 0 spiro atoms. The van der Waals surface area contributed by atoms with Gasteiger partial charge in [-0.1, -0.05) is 15.9 Å². The van der Waals surface area contributed by atoms with Gasteiger partial charge < -0.3 is 10.4 Å². The van der Waals surface area contributed by atoms with Gasteiger partial charge in [0.15, 0.2) is 5.82 Å². The van der Waals surface area contributed by atoms with E-state index < -0.39 is 17.7 Å². The van der Waals surface area contributed by atoms with Gasteiger partial charge in [0.25, 0.3) is 5.91 Å². The van der Waals surface area contributed by atoms with Crippen LogP contribution in [0, 0.1) is 5.82 Å². The number of benzene rings is 1. The Bertz CT molecular complexity index is 737. The summed E-state index contributed by atoms with van der Waals surface area (Å²) in [6.45, 7) is 0. The fourth-order valence-corrected chi connectivity index (χ4v) is 2.93. The molecule has 0 fully saturated rings. The van der Waals surface area contributed by atoms with Crippen LogP contribution in [-0.4, -0.2) is 22.0 Å². The lowest BCUT2D eigenvalue weighted by atomic mass is 10.1. The van der Waals surface area contributed by atoms with Gasteiger partial charge in [0.05, 0.1) is 23.0 Å². The summed E-state index contributed by atoms with van der Waals surface area (Å²) in [5.41, 5.74) is -0.304. The minimum Gasteiger partial charge on any atom is -0.478 e. The largest absolute Gasteiger partial charge is 0.478 e. The van der Waals surface area contributed by atoms with Crippen molar-refractivity contribution in [1.29, 1.82) is 0 Å². The molecule has 0 unspecified atom stereocenters. The monoisotopic (exact) mass is 416 g/mol. The van der Waals surface area contributed by atoms with Crippen LogP contribution in [0.5, 0.6) is 0 Å². The number of carbonyl (C=O) groups is 2. The predicted molar refractivity (Wildman–Crippen MR) is 80.9 cm³/mol. The van der Waals surface area contributed by atoms with E-state index in [1.54, 1.807) is 6.07 Å². The van der Waals surface area contributed by atoms with E-state index in [0.29, 0.717) is 8.95 Å². The normalized spacial score (nSPS) is 10.2. The van der Waals surface area contributed by atoms with E-state index in [2.05, 4.69) is 42.2 Å². The third kappa shape index (κ3) is 3.45. The van der Waals surface area contributed by atoms with Gasteiger partial charge >= 0.3 is 5.97 Å². The highest BCUT2D eigenvalue weighted by Crippen LogP contribution is 2.31. The number of pyridine rings is 1. The lowest BCUT2D eigenvalue weighted by molar-refractivity contribution is 0.0698. The quantitative estimate of drug-likeness (QED) is 0.797. The molecule has 0 aliphatic heterocycles. The molecule has 8 heteroatoms. The third-order valence-corrected chi connectivity index (χ3v) is 3.62. The van der Waals surface area contributed by atoms with E-state index >= 15 is 0 Å². The van der Waals surface area contributed by atoms with E-state index in [0.717, 1.165) is 6.20 Å². The molecule has 108 valence electrons. The summed E-state index contributed by atoms with van der Waals surface area (Å²) in [4.78, 5) is 26.8. The Balaban J connectivity index is 2.42.